The number of piperidine rings is 1. The van der Waals surface area contributed by atoms with Crippen LogP contribution in [0.4, 0.5) is 13.2 Å². The molecule has 0 bridgehead atoms. The largest absolute Gasteiger partial charge is 0.497 e. The Bertz CT molecular complexity index is 954. The second-order valence-corrected chi connectivity index (χ2v) is 9.36. The Morgan fingerprint density at radius 3 is 2.30 bits per heavy atom. The molecule has 0 amide bonds. The van der Waals surface area contributed by atoms with Gasteiger partial charge < -0.3 is 4.74 Å². The smallest absolute Gasteiger partial charge is 0.416 e. The first-order valence-corrected chi connectivity index (χ1v) is 11.1. The van der Waals surface area contributed by atoms with E-state index in [0.717, 1.165) is 6.07 Å². The van der Waals surface area contributed by atoms with Crippen molar-refractivity contribution in [3.8, 4) is 5.75 Å². The van der Waals surface area contributed by atoms with Crippen LogP contribution < -0.4 is 4.74 Å². The van der Waals surface area contributed by atoms with Crippen LogP contribution in [0.2, 0.25) is 0 Å². The molecule has 1 aliphatic rings. The minimum absolute atomic E-state index is 0.0989. The van der Waals surface area contributed by atoms with Gasteiger partial charge in [-0.25, -0.2) is 8.42 Å². The van der Waals surface area contributed by atoms with Crippen LogP contribution >= 0.6 is 0 Å². The molecule has 0 radical (unpaired) electrons. The van der Waals surface area contributed by atoms with E-state index < -0.39 is 21.8 Å². The Labute approximate surface area is 175 Å². The number of halogens is 3. The van der Waals surface area contributed by atoms with Crippen molar-refractivity contribution in [2.45, 2.75) is 36.5 Å². The summed E-state index contributed by atoms with van der Waals surface area (Å²) in [7, 11) is -0.205. The summed E-state index contributed by atoms with van der Waals surface area (Å²) in [6.07, 6.45) is -3.13. The third kappa shape index (κ3) is 5.14. The molecule has 1 heterocycles. The molecule has 0 saturated carbocycles. The van der Waals surface area contributed by atoms with E-state index in [4.69, 9.17) is 4.74 Å². The van der Waals surface area contributed by atoms with E-state index in [2.05, 4.69) is 0 Å². The molecule has 30 heavy (non-hydrogen) atoms. The van der Waals surface area contributed by atoms with Gasteiger partial charge in [0.15, 0.2) is 0 Å². The van der Waals surface area contributed by atoms with Crippen molar-refractivity contribution in [1.82, 2.24) is 9.21 Å². The fourth-order valence-corrected chi connectivity index (χ4v) is 5.15. The highest BCUT2D eigenvalue weighted by molar-refractivity contribution is 7.89. The van der Waals surface area contributed by atoms with Gasteiger partial charge in [-0.05, 0) is 55.8 Å². The highest BCUT2D eigenvalue weighted by atomic mass is 32.2. The summed E-state index contributed by atoms with van der Waals surface area (Å²) >= 11 is 0. The number of alkyl halides is 3. The topological polar surface area (TPSA) is 49.9 Å². The molecule has 0 aliphatic carbocycles. The molecule has 0 spiro atoms. The average molecular weight is 443 g/mol. The maximum atomic E-state index is 12.9. The average Bonchev–Trinajstić information content (AvgIpc) is 2.73. The summed E-state index contributed by atoms with van der Waals surface area (Å²) < 4.78 is 71.0. The molecule has 0 aromatic heterocycles. The predicted molar refractivity (Wildman–Crippen MR) is 108 cm³/mol. The molecule has 9 heteroatoms. The van der Waals surface area contributed by atoms with E-state index in [9.17, 15) is 21.6 Å². The lowest BCUT2D eigenvalue weighted by Crippen LogP contribution is -2.45. The molecular weight excluding hydrogens is 417 g/mol. The van der Waals surface area contributed by atoms with E-state index in [1.807, 2.05) is 11.9 Å². The maximum absolute atomic E-state index is 12.9. The molecule has 1 aliphatic heterocycles. The lowest BCUT2D eigenvalue weighted by atomic mass is 10.0. The number of benzene rings is 2. The fourth-order valence-electron chi connectivity index (χ4n) is 3.68. The number of hydrogen-bond acceptors (Lipinski definition) is 4. The highest BCUT2D eigenvalue weighted by Crippen LogP contribution is 2.30. The molecule has 0 atom stereocenters. The molecular formula is C21H25F3N2O3S. The van der Waals surface area contributed by atoms with Crippen molar-refractivity contribution < 1.29 is 26.3 Å². The SMILES string of the molecule is COc1ccc(S(=O)(=O)N2CCC(N(C)Cc3cccc(C(F)(F)F)c3)CC2)cc1. The number of methoxy groups -OCH3 is 1. The van der Waals surface area contributed by atoms with Gasteiger partial charge in [-0.2, -0.15) is 17.5 Å². The summed E-state index contributed by atoms with van der Waals surface area (Å²) in [6, 6.07) is 11.7. The number of sulfonamides is 1. The van der Waals surface area contributed by atoms with E-state index in [0.29, 0.717) is 43.8 Å². The second kappa shape index (κ2) is 8.95. The standard InChI is InChI=1S/C21H25F3N2O3S/c1-25(15-16-4-3-5-17(14-16)21(22,23)24)18-10-12-26(13-11-18)30(27,28)20-8-6-19(29-2)7-9-20/h3-9,14,18H,10-13,15H2,1-2H3. The van der Waals surface area contributed by atoms with Gasteiger partial charge in [0, 0.05) is 25.7 Å². The minimum Gasteiger partial charge on any atom is -0.497 e. The number of hydrogen-bond donors (Lipinski definition) is 0. The van der Waals surface area contributed by atoms with Crippen LogP contribution in [0.3, 0.4) is 0 Å². The van der Waals surface area contributed by atoms with Crippen molar-refractivity contribution in [1.29, 1.82) is 0 Å². The van der Waals surface area contributed by atoms with Crippen molar-refractivity contribution in [3.05, 3.63) is 59.7 Å². The highest BCUT2D eigenvalue weighted by Gasteiger charge is 2.32. The van der Waals surface area contributed by atoms with Gasteiger partial charge in [-0.3, -0.25) is 4.90 Å². The molecule has 1 saturated heterocycles. The first-order chi connectivity index (χ1) is 14.1. The van der Waals surface area contributed by atoms with Crippen molar-refractivity contribution in [2.75, 3.05) is 27.2 Å². The Kier molecular flexibility index (Phi) is 6.74. The summed E-state index contributed by atoms with van der Waals surface area (Å²) in [5.74, 6) is 0.587. The second-order valence-electron chi connectivity index (χ2n) is 7.42. The van der Waals surface area contributed by atoms with Crippen molar-refractivity contribution >= 4 is 10.0 Å². The zero-order chi connectivity index (χ0) is 21.9. The molecule has 164 valence electrons. The van der Waals surface area contributed by atoms with Gasteiger partial charge in [-0.15, -0.1) is 0 Å². The molecule has 3 rings (SSSR count). The lowest BCUT2D eigenvalue weighted by molar-refractivity contribution is -0.137. The molecule has 5 nitrogen and oxygen atoms in total. The number of nitrogens with zero attached hydrogens (tertiary/aromatic N) is 2. The first-order valence-electron chi connectivity index (χ1n) is 9.62. The predicted octanol–water partition coefficient (Wildman–Crippen LogP) is 4.00. The zero-order valence-corrected chi connectivity index (χ0v) is 17.7. The van der Waals surface area contributed by atoms with Gasteiger partial charge in [0.2, 0.25) is 10.0 Å². The third-order valence-electron chi connectivity index (χ3n) is 5.43. The van der Waals surface area contributed by atoms with Crippen molar-refractivity contribution in [2.24, 2.45) is 0 Å². The number of ether oxygens (including phenoxy) is 1. The maximum Gasteiger partial charge on any atom is 0.416 e. The normalized spacial score (nSPS) is 16.7. The summed E-state index contributed by atoms with van der Waals surface area (Å²) in [6.45, 7) is 1.11. The van der Waals surface area contributed by atoms with Gasteiger partial charge in [-0.1, -0.05) is 18.2 Å². The fraction of sp³-hybridized carbons (Fsp3) is 0.429. The third-order valence-corrected chi connectivity index (χ3v) is 7.34. The van der Waals surface area contributed by atoms with Crippen LogP contribution in [0.15, 0.2) is 53.4 Å². The van der Waals surface area contributed by atoms with Gasteiger partial charge in [0.05, 0.1) is 17.6 Å². The van der Waals surface area contributed by atoms with Crippen LogP contribution in [-0.2, 0) is 22.7 Å². The minimum atomic E-state index is -4.37. The van der Waals surface area contributed by atoms with Crippen molar-refractivity contribution in [3.63, 3.8) is 0 Å². The van der Waals surface area contributed by atoms with Crippen LogP contribution in [0, 0.1) is 0 Å². The summed E-state index contributed by atoms with van der Waals surface area (Å²) in [4.78, 5) is 2.21. The lowest BCUT2D eigenvalue weighted by Gasteiger charge is -2.36. The quantitative estimate of drug-likeness (QED) is 0.679. The monoisotopic (exact) mass is 442 g/mol. The van der Waals surface area contributed by atoms with E-state index in [1.165, 1.54) is 35.7 Å². The molecule has 1 fully saturated rings. The first kappa shape index (κ1) is 22.6. The van der Waals surface area contributed by atoms with Gasteiger partial charge in [0.1, 0.15) is 5.75 Å². The Balaban J connectivity index is 1.60. The molecule has 2 aromatic rings. The Morgan fingerprint density at radius 1 is 1.10 bits per heavy atom. The molecule has 2 aromatic carbocycles. The van der Waals surface area contributed by atoms with Gasteiger partial charge >= 0.3 is 6.18 Å². The van der Waals surface area contributed by atoms with E-state index in [-0.39, 0.29) is 10.9 Å². The Hall–Kier alpha value is -2.10. The van der Waals surface area contributed by atoms with Crippen LogP contribution in [-0.4, -0.2) is 50.9 Å². The molecule has 0 N–H and O–H groups in total. The molecule has 0 unspecified atom stereocenters. The van der Waals surface area contributed by atoms with E-state index in [1.54, 1.807) is 18.2 Å². The van der Waals surface area contributed by atoms with Crippen LogP contribution in [0.25, 0.3) is 0 Å². The van der Waals surface area contributed by atoms with E-state index >= 15 is 0 Å². The summed E-state index contributed by atoms with van der Waals surface area (Å²) in [5, 5.41) is 0. The Morgan fingerprint density at radius 2 is 1.73 bits per heavy atom. The zero-order valence-electron chi connectivity index (χ0n) is 16.9. The van der Waals surface area contributed by atoms with Crippen LogP contribution in [0.1, 0.15) is 24.0 Å². The van der Waals surface area contributed by atoms with Gasteiger partial charge in [0.25, 0.3) is 0 Å². The number of rotatable bonds is 6. The van der Waals surface area contributed by atoms with Crippen LogP contribution in [0.5, 0.6) is 5.75 Å². The summed E-state index contributed by atoms with van der Waals surface area (Å²) in [5.41, 5.74) is -0.0746.